The molecule has 1 aliphatic heterocycles. The molecule has 0 radical (unpaired) electrons. The Hall–Kier alpha value is -0.420. The zero-order valence-corrected chi connectivity index (χ0v) is 14.9. The summed E-state index contributed by atoms with van der Waals surface area (Å²) >= 11 is 13.5. The normalized spacial score (nSPS) is 16.3. The van der Waals surface area contributed by atoms with E-state index in [-0.39, 0.29) is 5.91 Å². The monoisotopic (exact) mass is 360 g/mol. The van der Waals surface area contributed by atoms with Gasteiger partial charge in [0.1, 0.15) is 0 Å². The Bertz CT molecular complexity index is 491. The maximum absolute atomic E-state index is 11.9. The fraction of sp³-hybridized carbons (Fsp3) is 0.562. The van der Waals surface area contributed by atoms with Gasteiger partial charge in [0, 0.05) is 17.3 Å². The van der Waals surface area contributed by atoms with Crippen LogP contribution in [-0.4, -0.2) is 41.9 Å². The van der Waals surface area contributed by atoms with Crippen molar-refractivity contribution in [1.29, 1.82) is 0 Å². The van der Waals surface area contributed by atoms with E-state index >= 15 is 0 Å². The number of benzene rings is 1. The molecule has 0 aliphatic carbocycles. The average molecular weight is 361 g/mol. The van der Waals surface area contributed by atoms with Gasteiger partial charge in [0.15, 0.2) is 0 Å². The lowest BCUT2D eigenvalue weighted by atomic mass is 10.2. The summed E-state index contributed by atoms with van der Waals surface area (Å²) in [5, 5.41) is 3.85. The molecule has 1 aliphatic rings. The number of likely N-dealkylation sites (tertiary alicyclic amines) is 1. The molecule has 1 heterocycles. The van der Waals surface area contributed by atoms with Gasteiger partial charge in [0.25, 0.3) is 0 Å². The maximum atomic E-state index is 11.9. The van der Waals surface area contributed by atoms with Crippen LogP contribution < -0.4 is 5.32 Å². The predicted molar refractivity (Wildman–Crippen MR) is 97.3 cm³/mol. The molecule has 1 fully saturated rings. The van der Waals surface area contributed by atoms with Crippen molar-refractivity contribution in [3.05, 3.63) is 28.2 Å². The zero-order chi connectivity index (χ0) is 15.8. The van der Waals surface area contributed by atoms with Crippen molar-refractivity contribution in [2.24, 2.45) is 0 Å². The van der Waals surface area contributed by atoms with Crippen LogP contribution in [0.3, 0.4) is 0 Å². The Morgan fingerprint density at radius 2 is 1.91 bits per heavy atom. The van der Waals surface area contributed by atoms with Gasteiger partial charge >= 0.3 is 0 Å². The minimum atomic E-state index is -0.0231. The highest BCUT2D eigenvalue weighted by Gasteiger charge is 2.10. The number of amides is 1. The molecule has 122 valence electrons. The minimum Gasteiger partial charge on any atom is -0.324 e. The number of rotatable bonds is 6. The van der Waals surface area contributed by atoms with Crippen molar-refractivity contribution in [3.8, 4) is 0 Å². The first kappa shape index (κ1) is 17.9. The zero-order valence-electron chi connectivity index (χ0n) is 12.6. The Labute approximate surface area is 146 Å². The lowest BCUT2D eigenvalue weighted by Gasteiger charge is -2.19. The summed E-state index contributed by atoms with van der Waals surface area (Å²) in [5.41, 5.74) is 0.615. The second-order valence-corrected chi connectivity index (χ2v) is 7.43. The smallest absolute Gasteiger partial charge is 0.234 e. The molecule has 2 rings (SSSR count). The first-order valence-corrected chi connectivity index (χ1v) is 9.61. The van der Waals surface area contributed by atoms with Crippen LogP contribution in [0, 0.1) is 0 Å². The molecule has 22 heavy (non-hydrogen) atoms. The number of carbonyl (C=O) groups is 1. The Morgan fingerprint density at radius 1 is 1.18 bits per heavy atom. The van der Waals surface area contributed by atoms with Crippen LogP contribution in [0.4, 0.5) is 5.69 Å². The molecular weight excluding hydrogens is 339 g/mol. The number of thioether (sulfide) groups is 1. The Kier molecular flexibility index (Phi) is 7.87. The lowest BCUT2D eigenvalue weighted by Crippen LogP contribution is -2.27. The third-order valence-electron chi connectivity index (χ3n) is 3.69. The summed E-state index contributed by atoms with van der Waals surface area (Å²) in [4.78, 5) is 14.4. The fourth-order valence-corrected chi connectivity index (χ4v) is 3.74. The summed E-state index contributed by atoms with van der Waals surface area (Å²) in [5.74, 6) is 1.42. The van der Waals surface area contributed by atoms with Crippen molar-refractivity contribution in [1.82, 2.24) is 4.90 Å². The van der Waals surface area contributed by atoms with Gasteiger partial charge in [0.2, 0.25) is 5.91 Å². The van der Waals surface area contributed by atoms with E-state index in [0.29, 0.717) is 21.5 Å². The number of nitrogens with one attached hydrogen (secondary N) is 1. The Morgan fingerprint density at radius 3 is 2.59 bits per heavy atom. The van der Waals surface area contributed by atoms with Gasteiger partial charge in [0.05, 0.1) is 16.5 Å². The second kappa shape index (κ2) is 9.66. The van der Waals surface area contributed by atoms with Gasteiger partial charge in [-0.1, -0.05) is 36.0 Å². The van der Waals surface area contributed by atoms with Crippen LogP contribution in [-0.2, 0) is 4.79 Å². The molecule has 6 heteroatoms. The molecular formula is C16H22Cl2N2OS. The standard InChI is InChI=1S/C16H22Cl2N2OS/c17-13-5-6-15(14(18)11-13)19-16(21)12-22-10-9-20-7-3-1-2-4-8-20/h5-6,11H,1-4,7-10,12H2,(H,19,21). The van der Waals surface area contributed by atoms with Crippen molar-refractivity contribution >= 4 is 46.6 Å². The van der Waals surface area contributed by atoms with E-state index in [1.165, 1.54) is 38.8 Å². The summed E-state index contributed by atoms with van der Waals surface area (Å²) in [6, 6.07) is 5.07. The molecule has 0 unspecified atom stereocenters. The first-order valence-electron chi connectivity index (χ1n) is 7.70. The quantitative estimate of drug-likeness (QED) is 0.755. The molecule has 1 N–H and O–H groups in total. The van der Waals surface area contributed by atoms with E-state index in [4.69, 9.17) is 23.2 Å². The molecule has 1 aromatic carbocycles. The molecule has 1 saturated heterocycles. The van der Waals surface area contributed by atoms with E-state index < -0.39 is 0 Å². The van der Waals surface area contributed by atoms with Gasteiger partial charge in [-0.15, -0.1) is 0 Å². The summed E-state index contributed by atoms with van der Waals surface area (Å²) in [6.07, 6.45) is 5.32. The minimum absolute atomic E-state index is 0.0231. The molecule has 1 aromatic rings. The number of hydrogen-bond acceptors (Lipinski definition) is 3. The number of anilines is 1. The van der Waals surface area contributed by atoms with Crippen LogP contribution in [0.5, 0.6) is 0 Å². The van der Waals surface area contributed by atoms with Crippen LogP contribution in [0.25, 0.3) is 0 Å². The molecule has 0 aromatic heterocycles. The van der Waals surface area contributed by atoms with Gasteiger partial charge < -0.3 is 10.2 Å². The van der Waals surface area contributed by atoms with Gasteiger partial charge in [-0.2, -0.15) is 11.8 Å². The molecule has 0 atom stereocenters. The van der Waals surface area contributed by atoms with Crippen molar-refractivity contribution in [3.63, 3.8) is 0 Å². The predicted octanol–water partition coefficient (Wildman–Crippen LogP) is 4.54. The topological polar surface area (TPSA) is 32.3 Å². The third-order valence-corrected chi connectivity index (χ3v) is 5.17. The first-order chi connectivity index (χ1) is 10.6. The Balaban J connectivity index is 1.65. The summed E-state index contributed by atoms with van der Waals surface area (Å²) in [7, 11) is 0. The van der Waals surface area contributed by atoms with Gasteiger partial charge in [-0.05, 0) is 44.1 Å². The highest BCUT2D eigenvalue weighted by Crippen LogP contribution is 2.25. The van der Waals surface area contributed by atoms with Crippen LogP contribution in [0.2, 0.25) is 10.0 Å². The fourth-order valence-electron chi connectivity index (χ4n) is 2.50. The van der Waals surface area contributed by atoms with Crippen molar-refractivity contribution in [2.75, 3.05) is 36.5 Å². The number of nitrogens with zero attached hydrogens (tertiary/aromatic N) is 1. The van der Waals surface area contributed by atoms with Gasteiger partial charge in [-0.3, -0.25) is 4.79 Å². The SMILES string of the molecule is O=C(CSCCN1CCCCCC1)Nc1ccc(Cl)cc1Cl. The third kappa shape index (κ3) is 6.37. The van der Waals surface area contributed by atoms with Crippen LogP contribution in [0.1, 0.15) is 25.7 Å². The van der Waals surface area contributed by atoms with E-state index in [1.54, 1.807) is 30.0 Å². The number of carbonyl (C=O) groups excluding carboxylic acids is 1. The van der Waals surface area contributed by atoms with Crippen LogP contribution in [0.15, 0.2) is 18.2 Å². The van der Waals surface area contributed by atoms with Crippen molar-refractivity contribution < 1.29 is 4.79 Å². The molecule has 0 bridgehead atoms. The van der Waals surface area contributed by atoms with Crippen molar-refractivity contribution in [2.45, 2.75) is 25.7 Å². The van der Waals surface area contributed by atoms with E-state index in [9.17, 15) is 4.79 Å². The average Bonchev–Trinajstić information content (AvgIpc) is 2.75. The summed E-state index contributed by atoms with van der Waals surface area (Å²) < 4.78 is 0. The molecule has 0 saturated carbocycles. The summed E-state index contributed by atoms with van der Waals surface area (Å²) in [6.45, 7) is 3.47. The number of halogens is 2. The largest absolute Gasteiger partial charge is 0.324 e. The maximum Gasteiger partial charge on any atom is 0.234 e. The molecule has 1 amide bonds. The highest BCUT2D eigenvalue weighted by atomic mass is 35.5. The lowest BCUT2D eigenvalue weighted by molar-refractivity contribution is -0.113. The number of hydrogen-bond donors (Lipinski definition) is 1. The highest BCUT2D eigenvalue weighted by molar-refractivity contribution is 7.99. The molecule has 3 nitrogen and oxygen atoms in total. The molecule has 0 spiro atoms. The van der Waals surface area contributed by atoms with E-state index in [2.05, 4.69) is 10.2 Å². The van der Waals surface area contributed by atoms with E-state index in [1.807, 2.05) is 0 Å². The second-order valence-electron chi connectivity index (χ2n) is 5.48. The van der Waals surface area contributed by atoms with E-state index in [0.717, 1.165) is 12.3 Å². The van der Waals surface area contributed by atoms with Crippen LogP contribution >= 0.6 is 35.0 Å². The van der Waals surface area contributed by atoms with Gasteiger partial charge in [-0.25, -0.2) is 0 Å².